The number of halogens is 3. The minimum atomic E-state index is -4.85. The third kappa shape index (κ3) is 3.02. The van der Waals surface area contributed by atoms with E-state index < -0.39 is 38.4 Å². The standard InChI is InChI=1S/C13H9F3N4O3S/c1-24(21,22)12-18-10(19-20-12)8-9(13(14,15)16)23-11(17-8)7-5-3-2-4-6-7/h2-6H,1H3,(H,18,19,20). The van der Waals surface area contributed by atoms with E-state index in [1.165, 1.54) is 12.1 Å². The highest BCUT2D eigenvalue weighted by Crippen LogP contribution is 2.38. The van der Waals surface area contributed by atoms with Crippen LogP contribution in [0, 0.1) is 0 Å². The Bertz CT molecular complexity index is 978. The summed E-state index contributed by atoms with van der Waals surface area (Å²) in [7, 11) is -3.75. The SMILES string of the molecule is CS(=O)(=O)c1nc(-c2nc(-c3ccccc3)oc2C(F)(F)F)n[nH]1. The van der Waals surface area contributed by atoms with Crippen LogP contribution in [0.4, 0.5) is 13.2 Å². The Hall–Kier alpha value is -2.69. The van der Waals surface area contributed by atoms with Gasteiger partial charge < -0.3 is 4.42 Å². The monoisotopic (exact) mass is 358 g/mol. The molecule has 0 unspecified atom stereocenters. The van der Waals surface area contributed by atoms with Crippen molar-refractivity contribution in [2.45, 2.75) is 11.3 Å². The van der Waals surface area contributed by atoms with E-state index in [0.29, 0.717) is 5.56 Å². The molecular formula is C13H9F3N4O3S. The van der Waals surface area contributed by atoms with Gasteiger partial charge in [-0.3, -0.25) is 0 Å². The molecule has 0 aliphatic rings. The molecule has 7 nitrogen and oxygen atoms in total. The van der Waals surface area contributed by atoms with Crippen molar-refractivity contribution in [1.82, 2.24) is 20.2 Å². The number of H-pyrrole nitrogens is 1. The lowest BCUT2D eigenvalue weighted by molar-refractivity contribution is -0.152. The van der Waals surface area contributed by atoms with Crippen LogP contribution in [0.15, 0.2) is 39.9 Å². The predicted octanol–water partition coefficient (Wildman–Crippen LogP) is 2.55. The van der Waals surface area contributed by atoms with Crippen molar-refractivity contribution in [3.05, 3.63) is 36.1 Å². The van der Waals surface area contributed by atoms with Crippen LogP contribution in [0.5, 0.6) is 0 Å². The van der Waals surface area contributed by atoms with E-state index >= 15 is 0 Å². The fraction of sp³-hybridized carbons (Fsp3) is 0.154. The van der Waals surface area contributed by atoms with Gasteiger partial charge in [0.15, 0.2) is 5.69 Å². The van der Waals surface area contributed by atoms with Gasteiger partial charge in [0.05, 0.1) is 0 Å². The number of aromatic nitrogens is 4. The van der Waals surface area contributed by atoms with Gasteiger partial charge in [-0.25, -0.2) is 18.5 Å². The van der Waals surface area contributed by atoms with Crippen LogP contribution in [0.3, 0.4) is 0 Å². The van der Waals surface area contributed by atoms with E-state index in [-0.39, 0.29) is 5.89 Å². The molecule has 0 radical (unpaired) electrons. The Morgan fingerprint density at radius 3 is 2.33 bits per heavy atom. The lowest BCUT2D eigenvalue weighted by Crippen LogP contribution is -2.05. The molecule has 3 rings (SSSR count). The average Bonchev–Trinajstić information content (AvgIpc) is 3.14. The second-order valence-electron chi connectivity index (χ2n) is 4.80. The molecule has 0 saturated heterocycles. The molecule has 0 bridgehead atoms. The number of nitrogens with one attached hydrogen (secondary N) is 1. The second kappa shape index (κ2) is 5.44. The largest absolute Gasteiger partial charge is 0.452 e. The Morgan fingerprint density at radius 2 is 1.79 bits per heavy atom. The summed E-state index contributed by atoms with van der Waals surface area (Å²) >= 11 is 0. The third-order valence-electron chi connectivity index (χ3n) is 2.93. The quantitative estimate of drug-likeness (QED) is 0.772. The summed E-state index contributed by atoms with van der Waals surface area (Å²) in [5.41, 5.74) is -0.361. The van der Waals surface area contributed by atoms with Gasteiger partial charge in [-0.1, -0.05) is 18.2 Å². The number of rotatable bonds is 3. The van der Waals surface area contributed by atoms with Crippen molar-refractivity contribution >= 4 is 9.84 Å². The van der Waals surface area contributed by atoms with Crippen molar-refractivity contribution in [2.24, 2.45) is 0 Å². The lowest BCUT2D eigenvalue weighted by Gasteiger charge is -2.02. The number of benzene rings is 1. The Morgan fingerprint density at radius 1 is 1.12 bits per heavy atom. The van der Waals surface area contributed by atoms with Gasteiger partial charge in [0.1, 0.15) is 0 Å². The van der Waals surface area contributed by atoms with Gasteiger partial charge >= 0.3 is 6.18 Å². The first kappa shape index (κ1) is 16.2. The highest BCUT2D eigenvalue weighted by Gasteiger charge is 2.41. The number of nitrogens with zero attached hydrogens (tertiary/aromatic N) is 3. The molecule has 0 saturated carbocycles. The van der Waals surface area contributed by atoms with Crippen LogP contribution in [0.2, 0.25) is 0 Å². The predicted molar refractivity (Wildman–Crippen MR) is 75.4 cm³/mol. The average molecular weight is 358 g/mol. The molecule has 3 aromatic rings. The molecule has 2 aromatic heterocycles. The zero-order valence-electron chi connectivity index (χ0n) is 12.0. The van der Waals surface area contributed by atoms with Crippen molar-refractivity contribution < 1.29 is 26.0 Å². The summed E-state index contributed by atoms with van der Waals surface area (Å²) in [6.07, 6.45) is -4.00. The van der Waals surface area contributed by atoms with Crippen LogP contribution in [0.1, 0.15) is 5.76 Å². The molecule has 0 spiro atoms. The number of aromatic amines is 1. The molecule has 1 N–H and O–H groups in total. The van der Waals surface area contributed by atoms with E-state index in [0.717, 1.165) is 6.26 Å². The second-order valence-corrected chi connectivity index (χ2v) is 6.73. The first-order valence-corrected chi connectivity index (χ1v) is 8.31. The number of sulfone groups is 1. The summed E-state index contributed by atoms with van der Waals surface area (Å²) in [6, 6.07) is 7.96. The summed E-state index contributed by atoms with van der Waals surface area (Å²) in [6.45, 7) is 0. The van der Waals surface area contributed by atoms with Crippen LogP contribution in [0.25, 0.3) is 23.0 Å². The highest BCUT2D eigenvalue weighted by atomic mass is 32.2. The summed E-state index contributed by atoms with van der Waals surface area (Å²) < 4.78 is 67.2. The molecule has 126 valence electrons. The minimum absolute atomic E-state index is 0.274. The molecule has 11 heteroatoms. The Kier molecular flexibility index (Phi) is 3.67. The van der Waals surface area contributed by atoms with Gasteiger partial charge in [-0.05, 0) is 12.1 Å². The maximum Gasteiger partial charge on any atom is 0.452 e. The fourth-order valence-corrected chi connectivity index (χ4v) is 2.35. The van der Waals surface area contributed by atoms with E-state index in [1.54, 1.807) is 18.2 Å². The minimum Gasteiger partial charge on any atom is -0.431 e. The number of hydrogen-bond acceptors (Lipinski definition) is 6. The van der Waals surface area contributed by atoms with E-state index in [9.17, 15) is 21.6 Å². The van der Waals surface area contributed by atoms with Crippen molar-refractivity contribution in [3.63, 3.8) is 0 Å². The zero-order valence-corrected chi connectivity index (χ0v) is 12.8. The van der Waals surface area contributed by atoms with E-state index in [2.05, 4.69) is 20.2 Å². The van der Waals surface area contributed by atoms with Crippen LogP contribution in [-0.2, 0) is 16.0 Å². The first-order valence-electron chi connectivity index (χ1n) is 6.42. The highest BCUT2D eigenvalue weighted by molar-refractivity contribution is 7.90. The van der Waals surface area contributed by atoms with Crippen molar-refractivity contribution in [3.8, 4) is 23.0 Å². The van der Waals surface area contributed by atoms with Crippen LogP contribution < -0.4 is 0 Å². The molecule has 24 heavy (non-hydrogen) atoms. The Labute approximate surface area is 133 Å². The molecule has 0 fully saturated rings. The van der Waals surface area contributed by atoms with Gasteiger partial charge in [0.25, 0.3) is 0 Å². The third-order valence-corrected chi connectivity index (χ3v) is 3.82. The molecule has 2 heterocycles. The van der Waals surface area contributed by atoms with E-state index in [4.69, 9.17) is 4.42 Å². The normalized spacial score (nSPS) is 12.5. The van der Waals surface area contributed by atoms with Gasteiger partial charge in [0.2, 0.25) is 32.5 Å². The number of hydrogen-bond donors (Lipinski definition) is 1. The fourth-order valence-electron chi connectivity index (χ4n) is 1.89. The number of oxazole rings is 1. The maximum atomic E-state index is 13.2. The van der Waals surface area contributed by atoms with Crippen LogP contribution >= 0.6 is 0 Å². The van der Waals surface area contributed by atoms with Crippen LogP contribution in [-0.4, -0.2) is 34.8 Å². The lowest BCUT2D eigenvalue weighted by atomic mass is 10.2. The molecule has 0 aliphatic heterocycles. The van der Waals surface area contributed by atoms with E-state index in [1.807, 2.05) is 0 Å². The summed E-state index contributed by atoms with van der Waals surface area (Å²) in [5.74, 6) is -2.20. The maximum absolute atomic E-state index is 13.2. The van der Waals surface area contributed by atoms with Gasteiger partial charge in [0, 0.05) is 11.8 Å². The number of alkyl halides is 3. The Balaban J connectivity index is 2.16. The summed E-state index contributed by atoms with van der Waals surface area (Å²) in [5, 5.41) is 5.01. The zero-order chi connectivity index (χ0) is 17.5. The molecular weight excluding hydrogens is 349 g/mol. The molecule has 1 aromatic carbocycles. The van der Waals surface area contributed by atoms with Crippen molar-refractivity contribution in [1.29, 1.82) is 0 Å². The van der Waals surface area contributed by atoms with Gasteiger partial charge in [-0.2, -0.15) is 23.3 Å². The van der Waals surface area contributed by atoms with Gasteiger partial charge in [-0.15, -0.1) is 0 Å². The first-order chi connectivity index (χ1) is 11.2. The molecule has 0 atom stereocenters. The smallest absolute Gasteiger partial charge is 0.431 e. The molecule has 0 aliphatic carbocycles. The van der Waals surface area contributed by atoms with Crippen molar-refractivity contribution in [2.75, 3.05) is 6.26 Å². The summed E-state index contributed by atoms with van der Waals surface area (Å²) in [4.78, 5) is 7.34. The topological polar surface area (TPSA) is 102 Å². The molecule has 0 amide bonds.